The molecule has 1 aromatic rings. The van der Waals surface area contributed by atoms with Gasteiger partial charge in [-0.05, 0) is 31.4 Å². The quantitative estimate of drug-likeness (QED) is 0.815. The molecule has 0 aliphatic heterocycles. The van der Waals surface area contributed by atoms with E-state index in [2.05, 4.69) is 10.3 Å². The van der Waals surface area contributed by atoms with E-state index in [4.69, 9.17) is 0 Å². The monoisotopic (exact) mass is 236 g/mol. The molecule has 0 radical (unpaired) electrons. The molecule has 2 N–H and O–H groups in total. The number of carbonyl (C=O) groups is 1. The first-order chi connectivity index (χ1) is 7.99. The number of hydrogen-bond acceptors (Lipinski definition) is 3. The van der Waals surface area contributed by atoms with Crippen molar-refractivity contribution < 1.29 is 9.90 Å². The Labute approximate surface area is 102 Å². The van der Waals surface area contributed by atoms with Gasteiger partial charge in [0.25, 0.3) is 5.91 Å². The molecule has 1 rings (SSSR count). The summed E-state index contributed by atoms with van der Waals surface area (Å²) in [4.78, 5) is 15.8. The fraction of sp³-hybridized carbons (Fsp3) is 0.538. The fourth-order valence-electron chi connectivity index (χ4n) is 1.63. The van der Waals surface area contributed by atoms with Crippen molar-refractivity contribution in [3.05, 3.63) is 29.6 Å². The Morgan fingerprint density at radius 1 is 1.53 bits per heavy atom. The van der Waals surface area contributed by atoms with Gasteiger partial charge in [-0.1, -0.05) is 13.8 Å². The normalized spacial score (nSPS) is 12.5. The number of rotatable bonds is 5. The zero-order valence-electron chi connectivity index (χ0n) is 10.6. The van der Waals surface area contributed by atoms with E-state index in [9.17, 15) is 9.90 Å². The minimum Gasteiger partial charge on any atom is -0.391 e. The van der Waals surface area contributed by atoms with Crippen LogP contribution in [0.1, 0.15) is 36.3 Å². The molecule has 1 atom stereocenters. The fourth-order valence-corrected chi connectivity index (χ4v) is 1.63. The maximum absolute atomic E-state index is 11.7. The molecule has 4 heteroatoms. The third-order valence-corrected chi connectivity index (χ3v) is 2.40. The van der Waals surface area contributed by atoms with Gasteiger partial charge >= 0.3 is 0 Å². The van der Waals surface area contributed by atoms with Crippen molar-refractivity contribution in [3.8, 4) is 0 Å². The second-order valence-electron chi connectivity index (χ2n) is 4.68. The average molecular weight is 236 g/mol. The highest BCUT2D eigenvalue weighted by molar-refractivity contribution is 5.94. The molecule has 94 valence electrons. The highest BCUT2D eigenvalue weighted by Crippen LogP contribution is 2.04. The Kier molecular flexibility index (Phi) is 5.10. The summed E-state index contributed by atoms with van der Waals surface area (Å²) in [5, 5.41) is 12.4. The number of amides is 1. The van der Waals surface area contributed by atoms with Crippen molar-refractivity contribution in [3.63, 3.8) is 0 Å². The summed E-state index contributed by atoms with van der Waals surface area (Å²) in [6, 6.07) is 3.39. The second kappa shape index (κ2) is 6.35. The van der Waals surface area contributed by atoms with Crippen molar-refractivity contribution in [1.82, 2.24) is 10.3 Å². The summed E-state index contributed by atoms with van der Waals surface area (Å²) in [6.07, 6.45) is 1.81. The first-order valence-corrected chi connectivity index (χ1v) is 5.88. The number of carbonyl (C=O) groups excluding carboxylic acids is 1. The number of nitrogens with zero attached hydrogens (tertiary/aromatic N) is 1. The van der Waals surface area contributed by atoms with Gasteiger partial charge in [0.1, 0.15) is 0 Å². The Hall–Kier alpha value is -1.42. The largest absolute Gasteiger partial charge is 0.391 e. The van der Waals surface area contributed by atoms with Crippen LogP contribution in [0.3, 0.4) is 0 Å². The summed E-state index contributed by atoms with van der Waals surface area (Å²) in [5.41, 5.74) is 1.38. The van der Waals surface area contributed by atoms with Crippen LogP contribution in [0.25, 0.3) is 0 Å². The Bertz CT molecular complexity index is 377. The van der Waals surface area contributed by atoms with Crippen molar-refractivity contribution in [1.29, 1.82) is 0 Å². The van der Waals surface area contributed by atoms with Crippen molar-refractivity contribution in [2.75, 3.05) is 6.54 Å². The molecular formula is C13H20N2O2. The number of aliphatic hydroxyl groups excluding tert-OH is 1. The highest BCUT2D eigenvalue weighted by Gasteiger charge is 2.10. The molecule has 0 bridgehead atoms. The van der Waals surface area contributed by atoms with Crippen LogP contribution in [-0.4, -0.2) is 28.6 Å². The number of nitrogens with one attached hydrogen (secondary N) is 1. The maximum Gasteiger partial charge on any atom is 0.251 e. The van der Waals surface area contributed by atoms with Gasteiger partial charge in [-0.15, -0.1) is 0 Å². The van der Waals surface area contributed by atoms with Crippen molar-refractivity contribution in [2.24, 2.45) is 5.92 Å². The lowest BCUT2D eigenvalue weighted by molar-refractivity contribution is 0.0900. The molecule has 1 amide bonds. The predicted octanol–water partition coefficient (Wildman–Crippen LogP) is 1.53. The summed E-state index contributed by atoms with van der Waals surface area (Å²) in [6.45, 7) is 6.21. The van der Waals surface area contributed by atoms with Gasteiger partial charge < -0.3 is 10.4 Å². The molecule has 17 heavy (non-hydrogen) atoms. The first kappa shape index (κ1) is 13.6. The van der Waals surface area contributed by atoms with Gasteiger partial charge in [0, 0.05) is 24.0 Å². The van der Waals surface area contributed by atoms with Gasteiger partial charge in [-0.25, -0.2) is 0 Å². The predicted molar refractivity (Wildman–Crippen MR) is 66.8 cm³/mol. The minimum absolute atomic E-state index is 0.168. The van der Waals surface area contributed by atoms with Gasteiger partial charge in [0.05, 0.1) is 6.10 Å². The molecule has 0 saturated heterocycles. The Balaban J connectivity index is 2.45. The molecule has 0 aliphatic carbocycles. The van der Waals surface area contributed by atoms with E-state index < -0.39 is 6.10 Å². The van der Waals surface area contributed by atoms with Gasteiger partial charge in [0.2, 0.25) is 0 Å². The third-order valence-electron chi connectivity index (χ3n) is 2.40. The number of aryl methyl sites for hydroxylation is 1. The lowest BCUT2D eigenvalue weighted by atomic mass is 10.1. The van der Waals surface area contributed by atoms with Crippen molar-refractivity contribution in [2.45, 2.75) is 33.3 Å². The molecular weight excluding hydrogens is 216 g/mol. The molecule has 1 aromatic heterocycles. The number of pyridine rings is 1. The SMILES string of the molecule is Cc1cc(C(=O)NCC(O)CC(C)C)ccn1. The Morgan fingerprint density at radius 2 is 2.24 bits per heavy atom. The average Bonchev–Trinajstić information content (AvgIpc) is 2.25. The van der Waals surface area contributed by atoms with Crippen LogP contribution in [0.2, 0.25) is 0 Å². The van der Waals surface area contributed by atoms with Crippen LogP contribution in [0.4, 0.5) is 0 Å². The van der Waals surface area contributed by atoms with Crippen LogP contribution in [0.15, 0.2) is 18.3 Å². The van der Waals surface area contributed by atoms with Gasteiger partial charge in [-0.3, -0.25) is 9.78 Å². The molecule has 1 unspecified atom stereocenters. The molecule has 0 aromatic carbocycles. The first-order valence-electron chi connectivity index (χ1n) is 5.88. The van der Waals surface area contributed by atoms with E-state index in [1.807, 2.05) is 20.8 Å². The second-order valence-corrected chi connectivity index (χ2v) is 4.68. The molecule has 4 nitrogen and oxygen atoms in total. The number of aromatic nitrogens is 1. The summed E-state index contributed by atoms with van der Waals surface area (Å²) >= 11 is 0. The topological polar surface area (TPSA) is 62.2 Å². The number of aliphatic hydroxyl groups is 1. The van der Waals surface area contributed by atoms with E-state index in [0.717, 1.165) is 5.69 Å². The van der Waals surface area contributed by atoms with Crippen LogP contribution in [0, 0.1) is 12.8 Å². The van der Waals surface area contributed by atoms with Crippen LogP contribution >= 0.6 is 0 Å². The summed E-state index contributed by atoms with van der Waals surface area (Å²) < 4.78 is 0. The molecule has 0 saturated carbocycles. The standard InChI is InChI=1S/C13H20N2O2/c1-9(2)6-12(16)8-15-13(17)11-4-5-14-10(3)7-11/h4-5,7,9,12,16H,6,8H2,1-3H3,(H,15,17). The molecule has 0 aliphatic rings. The lowest BCUT2D eigenvalue weighted by Gasteiger charge is -2.13. The van der Waals surface area contributed by atoms with Crippen LogP contribution in [0.5, 0.6) is 0 Å². The molecule has 0 spiro atoms. The van der Waals surface area contributed by atoms with Gasteiger partial charge in [0.15, 0.2) is 0 Å². The Morgan fingerprint density at radius 3 is 2.82 bits per heavy atom. The van der Waals surface area contributed by atoms with E-state index >= 15 is 0 Å². The van der Waals surface area contributed by atoms with E-state index in [1.165, 1.54) is 0 Å². The minimum atomic E-state index is -0.484. The molecule has 0 fully saturated rings. The van der Waals surface area contributed by atoms with Crippen molar-refractivity contribution >= 4 is 5.91 Å². The van der Waals surface area contributed by atoms with E-state index in [-0.39, 0.29) is 5.91 Å². The maximum atomic E-state index is 11.7. The molecule has 1 heterocycles. The van der Waals surface area contributed by atoms with Crippen LogP contribution in [-0.2, 0) is 0 Å². The van der Waals surface area contributed by atoms with E-state index in [1.54, 1.807) is 18.3 Å². The number of hydrogen-bond donors (Lipinski definition) is 2. The summed E-state index contributed by atoms with van der Waals surface area (Å²) in [5.74, 6) is 0.253. The smallest absolute Gasteiger partial charge is 0.251 e. The zero-order chi connectivity index (χ0) is 12.8. The third kappa shape index (κ3) is 4.95. The van der Waals surface area contributed by atoms with E-state index in [0.29, 0.717) is 24.4 Å². The van der Waals surface area contributed by atoms with Crippen LogP contribution < -0.4 is 5.32 Å². The summed E-state index contributed by atoms with van der Waals surface area (Å²) in [7, 11) is 0. The lowest BCUT2D eigenvalue weighted by Crippen LogP contribution is -2.32. The van der Waals surface area contributed by atoms with Gasteiger partial charge in [-0.2, -0.15) is 0 Å². The zero-order valence-corrected chi connectivity index (χ0v) is 10.6. The highest BCUT2D eigenvalue weighted by atomic mass is 16.3.